The average molecular weight is 1110 g/mol. The van der Waals surface area contributed by atoms with Crippen LogP contribution in [-0.2, 0) is 89.0 Å². The molecule has 80 heavy (non-hydrogen) atoms. The number of aldehydes is 1. The topological polar surface area (TPSA) is 352 Å². The maximum absolute atomic E-state index is 15.5. The highest BCUT2D eigenvalue weighted by Crippen LogP contribution is 2.46. The molecule has 4 aliphatic rings. The number of carboxylic acids is 1. The third kappa shape index (κ3) is 12.1. The number of aryl methyl sites for hydroxylation is 1. The van der Waals surface area contributed by atoms with E-state index in [9.17, 15) is 57.8 Å². The summed E-state index contributed by atoms with van der Waals surface area (Å²) in [5, 5.41) is 38.8. The first-order chi connectivity index (χ1) is 38.3. The van der Waals surface area contributed by atoms with Crippen molar-refractivity contribution in [2.45, 2.75) is 95.9 Å². The molecule has 4 aromatic rings. The molecular formula is C54H59FN10O15. The number of halogens is 1. The Hall–Kier alpha value is -8.75. The molecular weight excluding hydrogens is 1050 g/mol. The summed E-state index contributed by atoms with van der Waals surface area (Å²) in [6.07, 6.45) is 1.18. The summed E-state index contributed by atoms with van der Waals surface area (Å²) in [5.41, 5.74) is 1.73. The summed E-state index contributed by atoms with van der Waals surface area (Å²) in [6, 6.07) is 8.24. The highest BCUT2D eigenvalue weighted by atomic mass is 19.1. The fourth-order valence-corrected chi connectivity index (χ4v) is 10.3. The Morgan fingerprint density at radius 2 is 1.61 bits per heavy atom. The first-order valence-corrected chi connectivity index (χ1v) is 25.8. The third-order valence-corrected chi connectivity index (χ3v) is 14.5. The number of hydrogen-bond donors (Lipinski definition) is 9. The number of aliphatic carboxylic acids is 1. The van der Waals surface area contributed by atoms with Crippen molar-refractivity contribution in [2.75, 3.05) is 46.0 Å². The van der Waals surface area contributed by atoms with Gasteiger partial charge in [-0.15, -0.1) is 0 Å². The van der Waals surface area contributed by atoms with Crippen LogP contribution in [0.5, 0.6) is 0 Å². The summed E-state index contributed by atoms with van der Waals surface area (Å²) in [5.74, 6) is -7.77. The highest BCUT2D eigenvalue weighted by Gasteiger charge is 2.46. The van der Waals surface area contributed by atoms with Crippen molar-refractivity contribution >= 4 is 70.5 Å². The van der Waals surface area contributed by atoms with Gasteiger partial charge in [0.25, 0.3) is 5.56 Å². The Balaban J connectivity index is 0.857. The predicted molar refractivity (Wildman–Crippen MR) is 278 cm³/mol. The number of carbonyl (C=O) groups is 10. The summed E-state index contributed by atoms with van der Waals surface area (Å²) in [4.78, 5) is 147. The molecule has 3 aliphatic heterocycles. The van der Waals surface area contributed by atoms with Crippen molar-refractivity contribution in [3.8, 4) is 11.4 Å². The molecule has 0 radical (unpaired) electrons. The van der Waals surface area contributed by atoms with E-state index < -0.39 is 127 Å². The highest BCUT2D eigenvalue weighted by molar-refractivity contribution is 6.01. The van der Waals surface area contributed by atoms with Crippen molar-refractivity contribution in [3.05, 3.63) is 109 Å². The number of pyridine rings is 2. The molecule has 8 rings (SSSR count). The van der Waals surface area contributed by atoms with Crippen LogP contribution in [0.2, 0.25) is 0 Å². The van der Waals surface area contributed by atoms with E-state index in [1.807, 2.05) is 0 Å². The largest absolute Gasteiger partial charge is 0.480 e. The van der Waals surface area contributed by atoms with Crippen LogP contribution in [0.15, 0.2) is 58.9 Å². The summed E-state index contributed by atoms with van der Waals surface area (Å²) >= 11 is 0. The Kier molecular flexibility index (Phi) is 17.6. The number of carbonyl (C=O) groups excluding carboxylic acids is 9. The standard InChI is InChI=1S/C54H59FN10O15/c1-4-40(51(75)63-35-12-11-30-27(3)34(55)16-36-46(30)47(35)31-23-65-38(48(31)62-36)15-33-32(52(65)76)25-79-53(77)54(33,78)5-2)80-26-60-42(68)19-58-49(73)37(13-28-9-7-6-8-10-28)61-43(69)20-57-41(67)18-59-50(74)39(17-56-21-45(71)72)64-22-29(24-66)14-44(64)70/h6-10,14-16,24,35,37,39-40,56,78H,4-5,11-13,17-23,25-26H2,1-3H3,(H,57,67)(H,58,73)(H,59,74)(H,60,68)(H,61,69)(H,63,75)(H,71,72)/t35-,37-,39-,40+,54-/m0/s1. The predicted octanol–water partition coefficient (Wildman–Crippen LogP) is -1.41. The van der Waals surface area contributed by atoms with Gasteiger partial charge < -0.3 is 66.4 Å². The Labute approximate surface area is 455 Å². The molecule has 0 saturated carbocycles. The second-order valence-corrected chi connectivity index (χ2v) is 19.6. The first-order valence-electron chi connectivity index (χ1n) is 25.8. The van der Waals surface area contributed by atoms with E-state index in [-0.39, 0.29) is 62.2 Å². The number of amides is 7. The van der Waals surface area contributed by atoms with Crippen molar-refractivity contribution in [1.82, 2.24) is 51.7 Å². The Morgan fingerprint density at radius 3 is 2.30 bits per heavy atom. The van der Waals surface area contributed by atoms with Gasteiger partial charge in [-0.3, -0.25) is 47.9 Å². The van der Waals surface area contributed by atoms with Crippen LogP contribution >= 0.6 is 0 Å². The van der Waals surface area contributed by atoms with Gasteiger partial charge in [0.1, 0.15) is 43.6 Å². The van der Waals surface area contributed by atoms with E-state index in [0.29, 0.717) is 69.2 Å². The zero-order valence-electron chi connectivity index (χ0n) is 43.8. The van der Waals surface area contributed by atoms with Crippen molar-refractivity contribution in [3.63, 3.8) is 0 Å². The molecule has 26 heteroatoms. The molecule has 2 aromatic heterocycles. The lowest BCUT2D eigenvalue weighted by Crippen LogP contribution is -2.55. The molecule has 7 amide bonds. The number of nitrogens with one attached hydrogen (secondary N) is 7. The van der Waals surface area contributed by atoms with Gasteiger partial charge in [-0.2, -0.15) is 0 Å². The van der Waals surface area contributed by atoms with E-state index in [0.717, 1.165) is 11.0 Å². The number of carboxylic acid groups (broad SMARTS) is 1. The fraction of sp³-hybridized carbons (Fsp3) is 0.407. The third-order valence-electron chi connectivity index (χ3n) is 14.5. The minimum atomic E-state index is -2.07. The minimum Gasteiger partial charge on any atom is -0.480 e. The van der Waals surface area contributed by atoms with Gasteiger partial charge >= 0.3 is 11.9 Å². The summed E-state index contributed by atoms with van der Waals surface area (Å²) in [7, 11) is 0. The molecule has 0 spiro atoms. The van der Waals surface area contributed by atoms with E-state index >= 15 is 4.39 Å². The molecule has 422 valence electrons. The molecule has 5 atom stereocenters. The van der Waals surface area contributed by atoms with Gasteiger partial charge in [0.15, 0.2) is 5.60 Å². The summed E-state index contributed by atoms with van der Waals surface area (Å²) < 4.78 is 28.0. The number of esters is 1. The number of benzene rings is 2. The Morgan fingerprint density at radius 1 is 0.900 bits per heavy atom. The number of nitrogens with zero attached hydrogens (tertiary/aromatic N) is 3. The summed E-state index contributed by atoms with van der Waals surface area (Å²) in [6.45, 7) is 1.22. The second-order valence-electron chi connectivity index (χ2n) is 19.6. The van der Waals surface area contributed by atoms with Gasteiger partial charge in [0.05, 0.1) is 67.8 Å². The van der Waals surface area contributed by atoms with Crippen molar-refractivity contribution in [1.29, 1.82) is 0 Å². The number of fused-ring (bicyclic) bond motifs is 5. The van der Waals surface area contributed by atoms with Gasteiger partial charge in [0, 0.05) is 47.2 Å². The minimum absolute atomic E-state index is 0.0290. The van der Waals surface area contributed by atoms with Gasteiger partial charge in [-0.25, -0.2) is 14.2 Å². The fourth-order valence-electron chi connectivity index (χ4n) is 10.3. The molecule has 1 aliphatic carbocycles. The zero-order valence-corrected chi connectivity index (χ0v) is 43.8. The Bertz CT molecular complexity index is 3310. The quantitative estimate of drug-likeness (QED) is 0.0195. The second kappa shape index (κ2) is 24.5. The normalized spacial score (nSPS) is 17.8. The van der Waals surface area contributed by atoms with E-state index in [2.05, 4.69) is 37.2 Å². The molecule has 0 unspecified atom stereocenters. The van der Waals surface area contributed by atoms with E-state index in [1.165, 1.54) is 10.6 Å². The zero-order chi connectivity index (χ0) is 57.6. The number of aromatic nitrogens is 2. The molecule has 5 heterocycles. The van der Waals surface area contributed by atoms with Crippen LogP contribution in [0, 0.1) is 12.7 Å². The lowest BCUT2D eigenvalue weighted by molar-refractivity contribution is -0.172. The number of cyclic esters (lactones) is 1. The molecule has 9 N–H and O–H groups in total. The molecule has 0 bridgehead atoms. The molecule has 0 fully saturated rings. The molecule has 0 saturated heterocycles. The smallest absolute Gasteiger partial charge is 0.343 e. The van der Waals surface area contributed by atoms with Gasteiger partial charge in [0.2, 0.25) is 41.4 Å². The van der Waals surface area contributed by atoms with Crippen LogP contribution < -0.4 is 42.8 Å². The van der Waals surface area contributed by atoms with Gasteiger partial charge in [-0.05, 0) is 60.9 Å². The number of aliphatic hydroxyl groups is 1. The van der Waals surface area contributed by atoms with E-state index in [4.69, 9.17) is 19.6 Å². The SMILES string of the molecule is CC[C@@H](OCNC(=O)CNC(=O)[C@H](Cc1ccccc1)NC(=O)CNC(=O)CNC(=O)[C@H](CNCC(=O)O)N1CC(C=O)=CC1=O)C(=O)N[C@H]1CCc2c(C)c(F)cc3nc4c(c1c23)Cn1c-4cc2c(c1=O)COC(=O)[C@]2(O)CC. The lowest BCUT2D eigenvalue weighted by atomic mass is 9.81. The maximum Gasteiger partial charge on any atom is 0.343 e. The number of hydrogen-bond acceptors (Lipinski definition) is 16. The van der Waals surface area contributed by atoms with Crippen molar-refractivity contribution in [2.24, 2.45) is 0 Å². The number of ether oxygens (including phenoxy) is 2. The van der Waals surface area contributed by atoms with Crippen LogP contribution in [0.1, 0.15) is 78.1 Å². The monoisotopic (exact) mass is 1110 g/mol. The van der Waals surface area contributed by atoms with Crippen LogP contribution in [0.4, 0.5) is 4.39 Å². The lowest BCUT2D eigenvalue weighted by Gasteiger charge is -2.31. The average Bonchev–Trinajstić information content (AvgIpc) is 4.11. The van der Waals surface area contributed by atoms with Crippen LogP contribution in [0.3, 0.4) is 0 Å². The molecule has 2 aromatic carbocycles. The van der Waals surface area contributed by atoms with Crippen LogP contribution in [0.25, 0.3) is 22.3 Å². The van der Waals surface area contributed by atoms with Crippen LogP contribution in [-0.4, -0.2) is 148 Å². The molecule has 25 nitrogen and oxygen atoms in total. The van der Waals surface area contributed by atoms with Gasteiger partial charge in [-0.1, -0.05) is 44.2 Å². The van der Waals surface area contributed by atoms with E-state index in [1.54, 1.807) is 57.2 Å². The first kappa shape index (κ1) is 57.4. The maximum atomic E-state index is 15.5. The number of rotatable bonds is 24. The van der Waals surface area contributed by atoms with Crippen molar-refractivity contribution < 1.29 is 72.0 Å².